The van der Waals surface area contributed by atoms with Gasteiger partial charge in [0.05, 0.1) is 6.61 Å². The highest BCUT2D eigenvalue weighted by atomic mass is 32.2. The Bertz CT molecular complexity index is 972. The summed E-state index contributed by atoms with van der Waals surface area (Å²) in [5.41, 5.74) is -0.765. The SMILES string of the molecule is C/C=C/c1nn(C(=O)NS(=O)(=O)c2ccccc2OCC)c(=O)n1C. The molecule has 1 amide bonds. The van der Waals surface area contributed by atoms with Gasteiger partial charge in [-0.1, -0.05) is 18.2 Å². The molecule has 0 aliphatic rings. The van der Waals surface area contributed by atoms with E-state index in [0.717, 1.165) is 4.57 Å². The summed E-state index contributed by atoms with van der Waals surface area (Å²) < 4.78 is 33.6. The fourth-order valence-electron chi connectivity index (χ4n) is 2.04. The van der Waals surface area contributed by atoms with Crippen molar-refractivity contribution in [2.75, 3.05) is 6.61 Å². The highest BCUT2D eigenvalue weighted by molar-refractivity contribution is 7.90. The van der Waals surface area contributed by atoms with E-state index >= 15 is 0 Å². The Kier molecular flexibility index (Phi) is 5.42. The highest BCUT2D eigenvalue weighted by Crippen LogP contribution is 2.22. The number of benzene rings is 1. The zero-order chi connectivity index (χ0) is 18.6. The Morgan fingerprint density at radius 2 is 2.04 bits per heavy atom. The van der Waals surface area contributed by atoms with Crippen molar-refractivity contribution >= 4 is 22.1 Å². The molecule has 0 radical (unpaired) electrons. The van der Waals surface area contributed by atoms with E-state index in [-0.39, 0.29) is 23.1 Å². The molecule has 0 spiro atoms. The van der Waals surface area contributed by atoms with Crippen LogP contribution in [0, 0.1) is 0 Å². The maximum absolute atomic E-state index is 12.5. The Balaban J connectivity index is 2.38. The van der Waals surface area contributed by atoms with Gasteiger partial charge in [0, 0.05) is 7.05 Å². The molecule has 1 N–H and O–H groups in total. The van der Waals surface area contributed by atoms with Crippen LogP contribution >= 0.6 is 0 Å². The lowest BCUT2D eigenvalue weighted by Crippen LogP contribution is -2.40. The number of nitrogens with zero attached hydrogens (tertiary/aromatic N) is 3. The van der Waals surface area contributed by atoms with Crippen molar-refractivity contribution in [3.63, 3.8) is 0 Å². The summed E-state index contributed by atoms with van der Waals surface area (Å²) in [5.74, 6) is 0.322. The molecule has 1 aromatic heterocycles. The third-order valence-electron chi connectivity index (χ3n) is 3.18. The molecule has 0 atom stereocenters. The average molecular weight is 366 g/mol. The monoisotopic (exact) mass is 366 g/mol. The molecule has 0 saturated heterocycles. The summed E-state index contributed by atoms with van der Waals surface area (Å²) in [6, 6.07) is 4.70. The van der Waals surface area contributed by atoms with Gasteiger partial charge in [0.25, 0.3) is 10.0 Å². The Labute approximate surface area is 144 Å². The standard InChI is InChI=1S/C15H18N4O5S/c1-4-8-13-16-19(15(21)18(13)3)14(20)17-25(22,23)12-10-7-6-9-11(12)24-5-2/h4,6-10H,5H2,1-3H3,(H,17,20)/b8-4+. The van der Waals surface area contributed by atoms with E-state index in [0.29, 0.717) is 4.68 Å². The van der Waals surface area contributed by atoms with E-state index in [1.54, 1.807) is 26.0 Å². The molecular weight excluding hydrogens is 348 g/mol. The molecule has 134 valence electrons. The van der Waals surface area contributed by atoms with Gasteiger partial charge in [0.15, 0.2) is 5.82 Å². The lowest BCUT2D eigenvalue weighted by molar-refractivity contribution is 0.243. The minimum Gasteiger partial charge on any atom is -0.492 e. The number of hydrogen-bond acceptors (Lipinski definition) is 6. The van der Waals surface area contributed by atoms with Crippen LogP contribution in [0.1, 0.15) is 19.7 Å². The molecule has 0 fully saturated rings. The topological polar surface area (TPSA) is 112 Å². The van der Waals surface area contributed by atoms with Gasteiger partial charge in [0.2, 0.25) is 0 Å². The molecule has 0 aliphatic heterocycles. The number of para-hydroxylation sites is 1. The maximum atomic E-state index is 12.5. The zero-order valence-corrected chi connectivity index (χ0v) is 14.8. The predicted octanol–water partition coefficient (Wildman–Crippen LogP) is 0.960. The first-order valence-corrected chi connectivity index (χ1v) is 8.87. The molecule has 0 aliphatic carbocycles. The van der Waals surface area contributed by atoms with E-state index in [4.69, 9.17) is 4.74 Å². The molecule has 0 bridgehead atoms. The number of hydrogen-bond donors (Lipinski definition) is 1. The van der Waals surface area contributed by atoms with E-state index in [1.807, 2.05) is 4.72 Å². The zero-order valence-electron chi connectivity index (χ0n) is 14.0. The molecule has 0 unspecified atom stereocenters. The number of sulfonamides is 1. The van der Waals surface area contributed by atoms with Crippen molar-refractivity contribution in [2.45, 2.75) is 18.7 Å². The molecule has 0 saturated carbocycles. The Morgan fingerprint density at radius 3 is 2.68 bits per heavy atom. The average Bonchev–Trinajstić information content (AvgIpc) is 2.84. The smallest absolute Gasteiger partial charge is 0.360 e. The minimum atomic E-state index is -4.24. The van der Waals surface area contributed by atoms with Gasteiger partial charge in [-0.05, 0) is 32.1 Å². The van der Waals surface area contributed by atoms with E-state index < -0.39 is 21.7 Å². The fraction of sp³-hybridized carbons (Fsp3) is 0.267. The third kappa shape index (κ3) is 3.79. The number of aromatic nitrogens is 3. The fourth-order valence-corrected chi connectivity index (χ4v) is 3.11. The van der Waals surface area contributed by atoms with Crippen LogP contribution in [0.5, 0.6) is 5.75 Å². The van der Waals surface area contributed by atoms with E-state index in [2.05, 4.69) is 5.10 Å². The molecule has 25 heavy (non-hydrogen) atoms. The number of amides is 1. The van der Waals surface area contributed by atoms with Crippen LogP contribution in [-0.4, -0.2) is 35.4 Å². The first-order chi connectivity index (χ1) is 11.8. The first-order valence-electron chi connectivity index (χ1n) is 7.39. The summed E-state index contributed by atoms with van der Waals surface area (Å²) in [6.07, 6.45) is 3.16. The maximum Gasteiger partial charge on any atom is 0.360 e. The summed E-state index contributed by atoms with van der Waals surface area (Å²) in [5, 5.41) is 3.81. The van der Waals surface area contributed by atoms with Crippen LogP contribution < -0.4 is 15.1 Å². The van der Waals surface area contributed by atoms with Crippen LogP contribution in [0.15, 0.2) is 40.0 Å². The van der Waals surface area contributed by atoms with Gasteiger partial charge in [-0.15, -0.1) is 9.78 Å². The van der Waals surface area contributed by atoms with Gasteiger partial charge in [-0.25, -0.2) is 22.7 Å². The van der Waals surface area contributed by atoms with Gasteiger partial charge in [-0.3, -0.25) is 4.57 Å². The van der Waals surface area contributed by atoms with Gasteiger partial charge >= 0.3 is 11.7 Å². The summed E-state index contributed by atoms with van der Waals surface area (Å²) >= 11 is 0. The minimum absolute atomic E-state index is 0.105. The van der Waals surface area contributed by atoms with Gasteiger partial charge in [0.1, 0.15) is 10.6 Å². The van der Waals surface area contributed by atoms with Gasteiger partial charge in [-0.2, -0.15) is 0 Å². The van der Waals surface area contributed by atoms with E-state index in [1.165, 1.54) is 31.3 Å². The molecule has 2 aromatic rings. The van der Waals surface area contributed by atoms with Crippen LogP contribution in [0.2, 0.25) is 0 Å². The normalized spacial score (nSPS) is 11.6. The Morgan fingerprint density at radius 1 is 1.36 bits per heavy atom. The molecule has 1 aromatic carbocycles. The molecular formula is C15H18N4O5S. The predicted molar refractivity (Wildman–Crippen MR) is 90.9 cm³/mol. The quantitative estimate of drug-likeness (QED) is 0.843. The van der Waals surface area contributed by atoms with Crippen molar-refractivity contribution in [1.82, 2.24) is 19.1 Å². The largest absolute Gasteiger partial charge is 0.492 e. The van der Waals surface area contributed by atoms with Crippen molar-refractivity contribution in [3.05, 3.63) is 46.7 Å². The van der Waals surface area contributed by atoms with Crippen molar-refractivity contribution < 1.29 is 17.9 Å². The lowest BCUT2D eigenvalue weighted by Gasteiger charge is -2.11. The van der Waals surface area contributed by atoms with Gasteiger partial charge < -0.3 is 4.74 Å². The molecule has 2 rings (SSSR count). The second kappa shape index (κ2) is 7.34. The summed E-state index contributed by atoms with van der Waals surface area (Å²) in [6.45, 7) is 3.68. The summed E-state index contributed by atoms with van der Waals surface area (Å²) in [4.78, 5) is 24.1. The molecule has 9 nitrogen and oxygen atoms in total. The van der Waals surface area contributed by atoms with Crippen molar-refractivity contribution in [2.24, 2.45) is 7.05 Å². The number of allylic oxidation sites excluding steroid dienone is 1. The van der Waals surface area contributed by atoms with E-state index in [9.17, 15) is 18.0 Å². The number of carbonyl (C=O) groups is 1. The van der Waals surface area contributed by atoms with Crippen molar-refractivity contribution in [3.8, 4) is 5.75 Å². The lowest BCUT2D eigenvalue weighted by atomic mass is 10.3. The molecule has 1 heterocycles. The number of nitrogens with one attached hydrogen (secondary N) is 1. The second-order valence-corrected chi connectivity index (χ2v) is 6.55. The van der Waals surface area contributed by atoms with Crippen LogP contribution in [0.3, 0.4) is 0 Å². The number of rotatable bonds is 5. The number of carbonyl (C=O) groups excluding carboxylic acids is 1. The van der Waals surface area contributed by atoms with Crippen LogP contribution in [0.25, 0.3) is 6.08 Å². The highest BCUT2D eigenvalue weighted by Gasteiger charge is 2.25. The van der Waals surface area contributed by atoms with Crippen LogP contribution in [-0.2, 0) is 17.1 Å². The second-order valence-electron chi connectivity index (χ2n) is 4.90. The first kappa shape index (κ1) is 18.5. The van der Waals surface area contributed by atoms with Crippen LogP contribution in [0.4, 0.5) is 4.79 Å². The summed E-state index contributed by atoms with van der Waals surface area (Å²) in [7, 11) is -2.82. The third-order valence-corrected chi connectivity index (χ3v) is 4.54. The molecule has 10 heteroatoms. The van der Waals surface area contributed by atoms with Crippen molar-refractivity contribution in [1.29, 1.82) is 0 Å². The Hall–Kier alpha value is -2.88. The number of ether oxygens (including phenoxy) is 1.